The Balaban J connectivity index is 2.45. The van der Waals surface area contributed by atoms with Gasteiger partial charge in [-0.2, -0.15) is 0 Å². The first kappa shape index (κ1) is 24.2. The van der Waals surface area contributed by atoms with Crippen molar-refractivity contribution in [1.82, 2.24) is 4.90 Å². The molecule has 0 aromatic rings. The fourth-order valence-electron chi connectivity index (χ4n) is 3.05. The molecule has 156 valence electrons. The second-order valence-electron chi connectivity index (χ2n) is 6.38. The Labute approximate surface area is 160 Å². The molecule has 0 aromatic heterocycles. The Morgan fingerprint density at radius 3 is 1.42 bits per heavy atom. The van der Waals surface area contributed by atoms with E-state index in [-0.39, 0.29) is 0 Å². The van der Waals surface area contributed by atoms with Crippen LogP contribution in [0.25, 0.3) is 0 Å². The molecule has 0 spiro atoms. The summed E-state index contributed by atoms with van der Waals surface area (Å²) in [5, 5.41) is 0. The molecule has 0 radical (unpaired) electrons. The average molecular weight is 412 g/mol. The first-order chi connectivity index (χ1) is 12.5. The lowest BCUT2D eigenvalue weighted by Crippen LogP contribution is -2.44. The van der Waals surface area contributed by atoms with Crippen molar-refractivity contribution in [3.8, 4) is 0 Å². The molecule has 26 heavy (non-hydrogen) atoms. The number of epoxide rings is 1. The molecule has 0 saturated carbocycles. The molecular weight excluding hydrogens is 374 g/mol. The summed E-state index contributed by atoms with van der Waals surface area (Å²) in [7, 11) is 4.95. The summed E-state index contributed by atoms with van der Waals surface area (Å²) < 4.78 is 38.4. The van der Waals surface area contributed by atoms with Gasteiger partial charge in [0.05, 0.1) is 12.7 Å². The number of nitrogens with zero attached hydrogens (tertiary/aromatic N) is 1. The number of rotatable bonds is 17. The summed E-state index contributed by atoms with van der Waals surface area (Å²) in [5.41, 5.74) is 0. The normalized spacial score (nSPS) is 17.9. The van der Waals surface area contributed by atoms with E-state index in [9.17, 15) is 0 Å². The van der Waals surface area contributed by atoms with Gasteiger partial charge in [0.15, 0.2) is 0 Å². The van der Waals surface area contributed by atoms with Crippen molar-refractivity contribution >= 4 is 17.6 Å². The van der Waals surface area contributed by atoms with Gasteiger partial charge in [-0.05, 0) is 32.4 Å². The van der Waals surface area contributed by atoms with Gasteiger partial charge in [0.25, 0.3) is 0 Å². The van der Waals surface area contributed by atoms with E-state index in [4.69, 9.17) is 31.3 Å². The SMILES string of the molecule is CO[Si](CCCN(CCC[Si](OC)(OC)OC)CCC1CO1)(OC)OC. The molecular formula is C16H37NO7Si2. The van der Waals surface area contributed by atoms with Crippen LogP contribution in [0, 0.1) is 0 Å². The van der Waals surface area contributed by atoms with E-state index in [2.05, 4.69) is 4.90 Å². The Bertz CT molecular complexity index is 324. The summed E-state index contributed by atoms with van der Waals surface area (Å²) >= 11 is 0. The van der Waals surface area contributed by atoms with Crippen LogP contribution in [-0.4, -0.2) is 97.5 Å². The highest BCUT2D eigenvalue weighted by molar-refractivity contribution is 6.60. The van der Waals surface area contributed by atoms with Crippen molar-refractivity contribution in [2.45, 2.75) is 37.5 Å². The maximum absolute atomic E-state index is 5.51. The van der Waals surface area contributed by atoms with E-state index in [1.165, 1.54) is 0 Å². The largest absolute Gasteiger partial charge is 0.500 e. The van der Waals surface area contributed by atoms with Crippen molar-refractivity contribution < 1.29 is 31.3 Å². The van der Waals surface area contributed by atoms with Crippen LogP contribution in [0.5, 0.6) is 0 Å². The summed E-state index contributed by atoms with van der Waals surface area (Å²) in [6.45, 7) is 3.86. The standard InChI is InChI=1S/C16H37NO7Si2/c1-18-25(19-2,20-3)13-7-10-17(12-9-16-15-24-16)11-8-14-26(21-4,22-5)23-6/h16H,7-15H2,1-6H3. The molecule has 1 unspecified atom stereocenters. The molecule has 1 atom stereocenters. The van der Waals surface area contributed by atoms with Gasteiger partial charge in [-0.15, -0.1) is 0 Å². The lowest BCUT2D eigenvalue weighted by atomic mass is 10.3. The monoisotopic (exact) mass is 411 g/mol. The zero-order valence-electron chi connectivity index (χ0n) is 17.2. The highest BCUT2D eigenvalue weighted by Gasteiger charge is 2.38. The molecule has 8 nitrogen and oxygen atoms in total. The Morgan fingerprint density at radius 1 is 0.731 bits per heavy atom. The van der Waals surface area contributed by atoms with Gasteiger partial charge in [-0.25, -0.2) is 0 Å². The van der Waals surface area contributed by atoms with E-state index >= 15 is 0 Å². The van der Waals surface area contributed by atoms with Crippen LogP contribution < -0.4 is 0 Å². The molecule has 1 heterocycles. The predicted molar refractivity (Wildman–Crippen MR) is 103 cm³/mol. The number of hydrogen-bond donors (Lipinski definition) is 0. The van der Waals surface area contributed by atoms with Gasteiger partial charge in [0, 0.05) is 61.3 Å². The highest BCUT2D eigenvalue weighted by Crippen LogP contribution is 2.19. The molecule has 0 amide bonds. The molecule has 1 saturated heterocycles. The van der Waals surface area contributed by atoms with Crippen molar-refractivity contribution in [2.24, 2.45) is 0 Å². The summed E-state index contributed by atoms with van der Waals surface area (Å²) in [4.78, 5) is 2.46. The number of ether oxygens (including phenoxy) is 1. The molecule has 0 aliphatic carbocycles. The third kappa shape index (κ3) is 8.01. The fourth-order valence-corrected chi connectivity index (χ4v) is 6.45. The van der Waals surface area contributed by atoms with Crippen LogP contribution in [0.4, 0.5) is 0 Å². The minimum absolute atomic E-state index is 0.438. The summed E-state index contributed by atoms with van der Waals surface area (Å²) in [5.74, 6) is 0. The molecule has 1 aliphatic heterocycles. The van der Waals surface area contributed by atoms with Gasteiger partial charge in [0.1, 0.15) is 0 Å². The van der Waals surface area contributed by atoms with E-state index in [0.717, 1.165) is 57.6 Å². The maximum atomic E-state index is 5.51. The first-order valence-electron chi connectivity index (χ1n) is 9.17. The van der Waals surface area contributed by atoms with Crippen molar-refractivity contribution in [2.75, 3.05) is 68.9 Å². The van der Waals surface area contributed by atoms with Crippen molar-refractivity contribution in [3.63, 3.8) is 0 Å². The van der Waals surface area contributed by atoms with Crippen LogP contribution >= 0.6 is 0 Å². The van der Waals surface area contributed by atoms with Crippen molar-refractivity contribution in [1.29, 1.82) is 0 Å². The quantitative estimate of drug-likeness (QED) is 0.264. The molecule has 0 aromatic carbocycles. The van der Waals surface area contributed by atoms with Crippen LogP contribution in [0.2, 0.25) is 12.1 Å². The van der Waals surface area contributed by atoms with Crippen molar-refractivity contribution in [3.05, 3.63) is 0 Å². The minimum atomic E-state index is -2.50. The predicted octanol–water partition coefficient (Wildman–Crippen LogP) is 1.61. The molecule has 1 rings (SSSR count). The Morgan fingerprint density at radius 2 is 1.12 bits per heavy atom. The average Bonchev–Trinajstić information content (AvgIpc) is 3.51. The van der Waals surface area contributed by atoms with E-state index in [1.807, 2.05) is 0 Å². The lowest BCUT2D eigenvalue weighted by molar-refractivity contribution is 0.119. The maximum Gasteiger partial charge on any atom is 0.500 e. The smallest absolute Gasteiger partial charge is 0.377 e. The first-order valence-corrected chi connectivity index (χ1v) is 13.0. The zero-order chi connectivity index (χ0) is 19.5. The van der Waals surface area contributed by atoms with Gasteiger partial charge in [0.2, 0.25) is 0 Å². The third-order valence-corrected chi connectivity index (χ3v) is 10.6. The van der Waals surface area contributed by atoms with Gasteiger partial charge < -0.3 is 36.2 Å². The molecule has 0 bridgehead atoms. The van der Waals surface area contributed by atoms with Gasteiger partial charge in [-0.1, -0.05) is 0 Å². The minimum Gasteiger partial charge on any atom is -0.377 e. The summed E-state index contributed by atoms with van der Waals surface area (Å²) in [6, 6.07) is 1.61. The summed E-state index contributed by atoms with van der Waals surface area (Å²) in [6.07, 6.45) is 3.44. The molecule has 10 heteroatoms. The van der Waals surface area contributed by atoms with Crippen LogP contribution in [0.15, 0.2) is 0 Å². The fraction of sp³-hybridized carbons (Fsp3) is 1.00. The topological polar surface area (TPSA) is 71.2 Å². The molecule has 0 N–H and O–H groups in total. The van der Waals surface area contributed by atoms with Gasteiger partial charge >= 0.3 is 17.6 Å². The Kier molecular flexibility index (Phi) is 11.7. The highest BCUT2D eigenvalue weighted by atomic mass is 28.4. The van der Waals surface area contributed by atoms with E-state index in [1.54, 1.807) is 42.7 Å². The second kappa shape index (κ2) is 12.5. The Hall–Kier alpha value is 0.114. The van der Waals surface area contributed by atoms with Gasteiger partial charge in [-0.3, -0.25) is 0 Å². The lowest BCUT2D eigenvalue weighted by Gasteiger charge is -2.28. The van der Waals surface area contributed by atoms with E-state index < -0.39 is 17.6 Å². The molecule has 1 fully saturated rings. The zero-order valence-corrected chi connectivity index (χ0v) is 19.2. The number of hydrogen-bond acceptors (Lipinski definition) is 8. The molecule has 1 aliphatic rings. The van der Waals surface area contributed by atoms with Crippen LogP contribution in [0.1, 0.15) is 19.3 Å². The third-order valence-electron chi connectivity index (χ3n) is 4.95. The van der Waals surface area contributed by atoms with Crippen LogP contribution in [0.3, 0.4) is 0 Å². The second-order valence-corrected chi connectivity index (χ2v) is 12.6. The van der Waals surface area contributed by atoms with Crippen LogP contribution in [-0.2, 0) is 31.3 Å². The van der Waals surface area contributed by atoms with E-state index in [0.29, 0.717) is 6.10 Å².